The molecule has 1 aromatic carbocycles. The number of benzene rings is 1. The molecule has 1 heterocycles. The third-order valence-electron chi connectivity index (χ3n) is 5.84. The summed E-state index contributed by atoms with van der Waals surface area (Å²) in [6.45, 7) is 2.94. The molecule has 1 aromatic rings. The van der Waals surface area contributed by atoms with E-state index in [0.717, 1.165) is 31.2 Å². The molecule has 0 aromatic heterocycles. The van der Waals surface area contributed by atoms with Crippen LogP contribution in [0.25, 0.3) is 0 Å². The van der Waals surface area contributed by atoms with Gasteiger partial charge in [0.25, 0.3) is 5.91 Å². The van der Waals surface area contributed by atoms with Crippen LogP contribution in [0.3, 0.4) is 0 Å². The number of hydrogen-bond donors (Lipinski definition) is 0. The fraction of sp³-hybridized carbons (Fsp3) is 0.571. The average molecular weight is 371 g/mol. The molecule has 0 unspecified atom stereocenters. The molecule has 2 aliphatic rings. The van der Waals surface area contributed by atoms with Crippen LogP contribution < -0.4 is 0 Å². The van der Waals surface area contributed by atoms with E-state index in [-0.39, 0.29) is 24.4 Å². The quantitative estimate of drug-likeness (QED) is 0.722. The van der Waals surface area contributed by atoms with Gasteiger partial charge in [0.05, 0.1) is 0 Å². The molecule has 1 saturated carbocycles. The fourth-order valence-corrected chi connectivity index (χ4v) is 4.27. The minimum atomic E-state index is -0.732. The van der Waals surface area contributed by atoms with E-state index in [2.05, 4.69) is 0 Å². The first-order valence-electron chi connectivity index (χ1n) is 9.91. The summed E-state index contributed by atoms with van der Waals surface area (Å²) in [5.41, 5.74) is 0.309. The Bertz CT molecular complexity index is 698. The van der Waals surface area contributed by atoms with Gasteiger partial charge in [-0.1, -0.05) is 56.5 Å². The van der Waals surface area contributed by atoms with Crippen molar-refractivity contribution in [3.05, 3.63) is 35.9 Å². The molecule has 27 heavy (non-hydrogen) atoms. The van der Waals surface area contributed by atoms with Crippen molar-refractivity contribution in [3.63, 3.8) is 0 Å². The zero-order valence-electron chi connectivity index (χ0n) is 16.3. The molecule has 4 amide bonds. The van der Waals surface area contributed by atoms with Gasteiger partial charge < -0.3 is 9.80 Å². The second-order valence-electron chi connectivity index (χ2n) is 7.63. The SMILES string of the molecule is CCCN(Cc1ccccc1)C(=O)CN1C(=O)N(C)C2(CCCCC2)C1=O. The molecule has 0 radical (unpaired) electrons. The topological polar surface area (TPSA) is 60.9 Å². The number of rotatable bonds is 6. The minimum absolute atomic E-state index is 0.170. The Balaban J connectivity index is 1.73. The normalized spacial score (nSPS) is 19.0. The first kappa shape index (κ1) is 19.4. The average Bonchev–Trinajstić information content (AvgIpc) is 2.85. The molecule has 6 heteroatoms. The number of likely N-dealkylation sites (N-methyl/N-ethyl adjacent to an activating group) is 1. The number of urea groups is 1. The van der Waals surface area contributed by atoms with Crippen molar-refractivity contribution in [2.24, 2.45) is 0 Å². The van der Waals surface area contributed by atoms with Crippen LogP contribution in [-0.4, -0.2) is 58.2 Å². The summed E-state index contributed by atoms with van der Waals surface area (Å²) >= 11 is 0. The maximum Gasteiger partial charge on any atom is 0.327 e. The van der Waals surface area contributed by atoms with Crippen LogP contribution in [0.4, 0.5) is 4.79 Å². The lowest BCUT2D eigenvalue weighted by Crippen LogP contribution is -2.49. The van der Waals surface area contributed by atoms with Gasteiger partial charge in [0.2, 0.25) is 5.91 Å². The molecule has 1 saturated heterocycles. The van der Waals surface area contributed by atoms with Crippen LogP contribution in [0.15, 0.2) is 30.3 Å². The Hall–Kier alpha value is -2.37. The Morgan fingerprint density at radius 2 is 1.78 bits per heavy atom. The molecule has 0 atom stereocenters. The minimum Gasteiger partial charge on any atom is -0.337 e. The van der Waals surface area contributed by atoms with E-state index < -0.39 is 5.54 Å². The highest BCUT2D eigenvalue weighted by Gasteiger charge is 2.55. The molecule has 3 rings (SSSR count). The lowest BCUT2D eigenvalue weighted by atomic mass is 9.81. The van der Waals surface area contributed by atoms with E-state index in [4.69, 9.17) is 0 Å². The zero-order valence-corrected chi connectivity index (χ0v) is 16.3. The second-order valence-corrected chi connectivity index (χ2v) is 7.63. The van der Waals surface area contributed by atoms with Gasteiger partial charge in [-0.05, 0) is 24.8 Å². The van der Waals surface area contributed by atoms with Gasteiger partial charge in [0.1, 0.15) is 12.1 Å². The molecule has 1 aliphatic carbocycles. The fourth-order valence-electron chi connectivity index (χ4n) is 4.27. The van der Waals surface area contributed by atoms with Crippen LogP contribution in [0, 0.1) is 0 Å². The zero-order chi connectivity index (χ0) is 19.4. The van der Waals surface area contributed by atoms with Crippen molar-refractivity contribution in [1.82, 2.24) is 14.7 Å². The van der Waals surface area contributed by atoms with E-state index in [9.17, 15) is 14.4 Å². The molecule has 146 valence electrons. The van der Waals surface area contributed by atoms with Crippen LogP contribution >= 0.6 is 0 Å². The van der Waals surface area contributed by atoms with Crippen LogP contribution in [0.1, 0.15) is 51.0 Å². The predicted octanol–water partition coefficient (Wildman–Crippen LogP) is 3.02. The standard InChI is InChI=1S/C21H29N3O3/c1-3-14-23(15-17-10-6-4-7-11-17)18(25)16-24-19(26)21(22(2)20(24)27)12-8-5-9-13-21/h4,6-7,10-11H,3,5,8-9,12-16H2,1-2H3. The van der Waals surface area contributed by atoms with E-state index >= 15 is 0 Å². The van der Waals surface area contributed by atoms with Crippen molar-refractivity contribution in [2.45, 2.75) is 57.5 Å². The molecular formula is C21H29N3O3. The third-order valence-corrected chi connectivity index (χ3v) is 5.84. The summed E-state index contributed by atoms with van der Waals surface area (Å²) in [6, 6.07) is 9.45. The maximum absolute atomic E-state index is 13.1. The number of imide groups is 1. The lowest BCUT2D eigenvalue weighted by molar-refractivity contribution is -0.140. The molecule has 2 fully saturated rings. The van der Waals surface area contributed by atoms with E-state index in [1.54, 1.807) is 16.8 Å². The van der Waals surface area contributed by atoms with Crippen molar-refractivity contribution < 1.29 is 14.4 Å². The molecule has 1 spiro atoms. The van der Waals surface area contributed by atoms with Crippen LogP contribution in [0.5, 0.6) is 0 Å². The van der Waals surface area contributed by atoms with Gasteiger partial charge in [-0.3, -0.25) is 14.5 Å². The Morgan fingerprint density at radius 1 is 1.11 bits per heavy atom. The molecule has 0 N–H and O–H groups in total. The van der Waals surface area contributed by atoms with Crippen LogP contribution in [-0.2, 0) is 16.1 Å². The monoisotopic (exact) mass is 371 g/mol. The summed E-state index contributed by atoms with van der Waals surface area (Å²) < 4.78 is 0. The summed E-state index contributed by atoms with van der Waals surface area (Å²) in [5.74, 6) is -0.372. The highest BCUT2D eigenvalue weighted by molar-refractivity contribution is 6.08. The van der Waals surface area contributed by atoms with Gasteiger partial charge >= 0.3 is 6.03 Å². The predicted molar refractivity (Wildman–Crippen MR) is 103 cm³/mol. The Kier molecular flexibility index (Phi) is 5.82. The molecule has 1 aliphatic heterocycles. The molecule has 6 nitrogen and oxygen atoms in total. The van der Waals surface area contributed by atoms with E-state index in [1.807, 2.05) is 37.3 Å². The van der Waals surface area contributed by atoms with E-state index in [1.165, 1.54) is 4.90 Å². The summed E-state index contributed by atoms with van der Waals surface area (Å²) in [6.07, 6.45) is 5.20. The number of carbonyl (C=O) groups is 3. The highest BCUT2D eigenvalue weighted by Crippen LogP contribution is 2.39. The van der Waals surface area contributed by atoms with Crippen molar-refractivity contribution >= 4 is 17.8 Å². The van der Waals surface area contributed by atoms with Gasteiger partial charge in [0.15, 0.2) is 0 Å². The van der Waals surface area contributed by atoms with Gasteiger partial charge in [0, 0.05) is 20.1 Å². The molecule has 0 bridgehead atoms. The Morgan fingerprint density at radius 3 is 2.41 bits per heavy atom. The third kappa shape index (κ3) is 3.70. The van der Waals surface area contributed by atoms with Crippen molar-refractivity contribution in [1.29, 1.82) is 0 Å². The summed E-state index contributed by atoms with van der Waals surface area (Å²) in [7, 11) is 1.70. The second kappa shape index (κ2) is 8.11. The summed E-state index contributed by atoms with van der Waals surface area (Å²) in [5, 5.41) is 0. The number of carbonyl (C=O) groups excluding carboxylic acids is 3. The van der Waals surface area contributed by atoms with Crippen LogP contribution in [0.2, 0.25) is 0 Å². The van der Waals surface area contributed by atoms with Crippen molar-refractivity contribution in [3.8, 4) is 0 Å². The highest BCUT2D eigenvalue weighted by atomic mass is 16.2. The van der Waals surface area contributed by atoms with Gasteiger partial charge in [-0.2, -0.15) is 0 Å². The Labute approximate surface area is 161 Å². The maximum atomic E-state index is 13.1. The number of nitrogens with zero attached hydrogens (tertiary/aromatic N) is 3. The van der Waals surface area contributed by atoms with Crippen molar-refractivity contribution in [2.75, 3.05) is 20.1 Å². The first-order chi connectivity index (χ1) is 13.0. The van der Waals surface area contributed by atoms with Gasteiger partial charge in [-0.25, -0.2) is 4.79 Å². The largest absolute Gasteiger partial charge is 0.337 e. The smallest absolute Gasteiger partial charge is 0.327 e. The first-order valence-corrected chi connectivity index (χ1v) is 9.91. The number of hydrogen-bond acceptors (Lipinski definition) is 3. The van der Waals surface area contributed by atoms with Gasteiger partial charge in [-0.15, -0.1) is 0 Å². The lowest BCUT2D eigenvalue weighted by Gasteiger charge is -2.35. The molecular weight excluding hydrogens is 342 g/mol. The number of amides is 4. The summed E-state index contributed by atoms with van der Waals surface area (Å²) in [4.78, 5) is 43.2. The van der Waals surface area contributed by atoms with E-state index in [0.29, 0.717) is 25.9 Å².